The highest BCUT2D eigenvalue weighted by Crippen LogP contribution is 2.47. The molecule has 2 saturated carbocycles. The maximum Gasteiger partial charge on any atom is 0.387 e. The molecule has 0 heterocycles. The van der Waals surface area contributed by atoms with Crippen LogP contribution in [0.4, 0.5) is 8.78 Å². The Kier molecular flexibility index (Phi) is 5.82. The van der Waals surface area contributed by atoms with Crippen LogP contribution >= 0.6 is 0 Å². The Morgan fingerprint density at radius 3 is 2.75 bits per heavy atom. The number of Topliss-reactive ketones (excluding diaryl/α,β-unsaturated/α-hetero) is 1. The Bertz CT molecular complexity index is 794. The van der Waals surface area contributed by atoms with Crippen molar-refractivity contribution in [3.63, 3.8) is 0 Å². The number of alkyl halides is 2. The molecule has 0 amide bonds. The number of ether oxygens (including phenoxy) is 3. The maximum atomic E-state index is 13.1. The Balaban J connectivity index is 2.00. The smallest absolute Gasteiger partial charge is 0.387 e. The molecule has 2 aliphatic carbocycles. The zero-order valence-electron chi connectivity index (χ0n) is 15.5. The van der Waals surface area contributed by atoms with Crippen LogP contribution < -0.4 is 9.47 Å². The van der Waals surface area contributed by atoms with E-state index < -0.39 is 23.9 Å². The average Bonchev–Trinajstić information content (AvgIpc) is 3.51. The number of esters is 1. The van der Waals surface area contributed by atoms with E-state index in [2.05, 4.69) is 10.8 Å². The molecule has 0 radical (unpaired) electrons. The van der Waals surface area contributed by atoms with E-state index in [1.165, 1.54) is 12.1 Å². The molecule has 0 aliphatic heterocycles. The Morgan fingerprint density at radius 2 is 2.14 bits per heavy atom. The molecule has 0 aromatic heterocycles. The van der Waals surface area contributed by atoms with E-state index in [9.17, 15) is 23.6 Å². The molecule has 0 N–H and O–H groups in total. The van der Waals surface area contributed by atoms with E-state index in [4.69, 9.17) is 9.47 Å². The van der Waals surface area contributed by atoms with Crippen LogP contribution in [0.25, 0.3) is 0 Å². The van der Waals surface area contributed by atoms with Crippen LogP contribution in [0.3, 0.4) is 0 Å². The molecule has 2 fully saturated rings. The summed E-state index contributed by atoms with van der Waals surface area (Å²) in [7, 11) is 1.16. The summed E-state index contributed by atoms with van der Waals surface area (Å²) in [5.41, 5.74) is -1.14. The number of carbonyl (C=O) groups excluding carboxylic acids is 2. The molecule has 0 spiro atoms. The van der Waals surface area contributed by atoms with Crippen molar-refractivity contribution >= 4 is 11.8 Å². The number of ketones is 1. The van der Waals surface area contributed by atoms with E-state index in [1.54, 1.807) is 6.07 Å². The van der Waals surface area contributed by atoms with Gasteiger partial charge in [0.15, 0.2) is 11.5 Å². The number of rotatable bonds is 7. The lowest BCUT2D eigenvalue weighted by Crippen LogP contribution is -2.40. The second-order valence-corrected chi connectivity index (χ2v) is 7.21. The lowest BCUT2D eigenvalue weighted by atomic mass is 9.66. The van der Waals surface area contributed by atoms with Gasteiger partial charge in [0.25, 0.3) is 0 Å². The van der Waals surface area contributed by atoms with Crippen LogP contribution in [-0.4, -0.2) is 32.1 Å². The zero-order chi connectivity index (χ0) is 20.3. The van der Waals surface area contributed by atoms with Crippen molar-refractivity contribution in [3.8, 4) is 17.6 Å². The quantitative estimate of drug-likeness (QED) is 0.521. The van der Waals surface area contributed by atoms with Gasteiger partial charge in [-0.05, 0) is 37.7 Å². The van der Waals surface area contributed by atoms with Gasteiger partial charge in [-0.1, -0.05) is 12.1 Å². The SMILES string of the molecule is COC(=O)C1CC(C#N)(c2cccc(OCC3CC3)c2OC(F)F)CCC1=O. The van der Waals surface area contributed by atoms with Crippen LogP contribution in [-0.2, 0) is 19.7 Å². The third-order valence-corrected chi connectivity index (χ3v) is 5.31. The van der Waals surface area contributed by atoms with Crippen molar-refractivity contribution in [1.29, 1.82) is 5.26 Å². The monoisotopic (exact) mass is 393 g/mol. The minimum Gasteiger partial charge on any atom is -0.489 e. The standard InChI is InChI=1S/C20H21F2NO5/c1-26-18(25)13-9-20(11-23,8-7-15(13)24)14-3-2-4-16(17(14)28-19(21)22)27-10-12-5-6-12/h2-4,12-13,19H,5-10H2,1H3. The summed E-state index contributed by atoms with van der Waals surface area (Å²) in [5.74, 6) is -1.86. The van der Waals surface area contributed by atoms with E-state index in [0.29, 0.717) is 12.5 Å². The van der Waals surface area contributed by atoms with Crippen molar-refractivity contribution in [3.05, 3.63) is 23.8 Å². The van der Waals surface area contributed by atoms with E-state index in [-0.39, 0.29) is 42.1 Å². The van der Waals surface area contributed by atoms with Crippen LogP contribution in [0, 0.1) is 23.2 Å². The van der Waals surface area contributed by atoms with Crippen LogP contribution in [0.5, 0.6) is 11.5 Å². The highest BCUT2D eigenvalue weighted by molar-refractivity contribution is 6.00. The molecule has 0 saturated heterocycles. The fraction of sp³-hybridized carbons (Fsp3) is 0.550. The van der Waals surface area contributed by atoms with Gasteiger partial charge in [-0.3, -0.25) is 9.59 Å². The molecule has 1 aromatic carbocycles. The van der Waals surface area contributed by atoms with E-state index in [1.807, 2.05) is 0 Å². The molecule has 8 heteroatoms. The van der Waals surface area contributed by atoms with Crippen molar-refractivity contribution < 1.29 is 32.6 Å². The Labute approximate surface area is 161 Å². The van der Waals surface area contributed by atoms with Gasteiger partial charge in [0.1, 0.15) is 11.7 Å². The highest BCUT2D eigenvalue weighted by atomic mass is 19.3. The number of nitrogens with zero attached hydrogens (tertiary/aromatic N) is 1. The first-order valence-corrected chi connectivity index (χ1v) is 9.13. The molecule has 1 aromatic rings. The molecule has 2 aliphatic rings. The zero-order valence-corrected chi connectivity index (χ0v) is 15.5. The number of hydrogen-bond acceptors (Lipinski definition) is 6. The van der Waals surface area contributed by atoms with Crippen molar-refractivity contribution in [1.82, 2.24) is 0 Å². The lowest BCUT2D eigenvalue weighted by molar-refractivity contribution is -0.151. The summed E-state index contributed by atoms with van der Waals surface area (Å²) in [6.45, 7) is -2.73. The third-order valence-electron chi connectivity index (χ3n) is 5.31. The minimum atomic E-state index is -3.11. The second-order valence-electron chi connectivity index (χ2n) is 7.21. The van der Waals surface area contributed by atoms with E-state index >= 15 is 0 Å². The molecule has 2 unspecified atom stereocenters. The van der Waals surface area contributed by atoms with Crippen molar-refractivity contribution in [2.24, 2.45) is 11.8 Å². The largest absolute Gasteiger partial charge is 0.489 e. The van der Waals surface area contributed by atoms with Gasteiger partial charge in [0.2, 0.25) is 0 Å². The number of methoxy groups -OCH3 is 1. The Morgan fingerprint density at radius 1 is 1.39 bits per heavy atom. The summed E-state index contributed by atoms with van der Waals surface area (Å²) in [6.07, 6.45) is 1.96. The lowest BCUT2D eigenvalue weighted by Gasteiger charge is -2.35. The second kappa shape index (κ2) is 8.13. The molecule has 150 valence electrons. The maximum absolute atomic E-state index is 13.1. The number of para-hydroxylation sites is 1. The molecule has 6 nitrogen and oxygen atoms in total. The summed E-state index contributed by atoms with van der Waals surface area (Å²) in [6, 6.07) is 6.76. The van der Waals surface area contributed by atoms with E-state index in [0.717, 1.165) is 20.0 Å². The minimum absolute atomic E-state index is 0.0331. The molecule has 28 heavy (non-hydrogen) atoms. The van der Waals surface area contributed by atoms with Gasteiger partial charge >= 0.3 is 12.6 Å². The number of hydrogen-bond donors (Lipinski definition) is 0. The van der Waals surface area contributed by atoms with Crippen molar-refractivity contribution in [2.75, 3.05) is 13.7 Å². The normalized spacial score (nSPS) is 24.5. The molecule has 0 bridgehead atoms. The first kappa shape index (κ1) is 20.1. The average molecular weight is 393 g/mol. The predicted molar refractivity (Wildman–Crippen MR) is 92.9 cm³/mol. The van der Waals surface area contributed by atoms with Crippen LogP contribution in [0.15, 0.2) is 18.2 Å². The highest BCUT2D eigenvalue weighted by Gasteiger charge is 2.47. The first-order chi connectivity index (χ1) is 13.4. The third kappa shape index (κ3) is 4.08. The van der Waals surface area contributed by atoms with Gasteiger partial charge in [0.05, 0.1) is 25.2 Å². The fourth-order valence-electron chi connectivity index (χ4n) is 3.55. The number of nitriles is 1. The first-order valence-electron chi connectivity index (χ1n) is 9.13. The molecule has 2 atom stereocenters. The topological polar surface area (TPSA) is 85.6 Å². The van der Waals surface area contributed by atoms with Crippen LogP contribution in [0.1, 0.15) is 37.7 Å². The fourth-order valence-corrected chi connectivity index (χ4v) is 3.55. The number of benzene rings is 1. The summed E-state index contributed by atoms with van der Waals surface area (Å²) in [4.78, 5) is 24.2. The van der Waals surface area contributed by atoms with Gasteiger partial charge in [0, 0.05) is 12.0 Å². The summed E-state index contributed by atoms with van der Waals surface area (Å²) in [5, 5.41) is 9.93. The molecular weight excluding hydrogens is 372 g/mol. The van der Waals surface area contributed by atoms with Gasteiger partial charge < -0.3 is 14.2 Å². The predicted octanol–water partition coefficient (Wildman–Crippen LogP) is 3.38. The van der Waals surface area contributed by atoms with Gasteiger partial charge in [-0.2, -0.15) is 14.0 Å². The van der Waals surface area contributed by atoms with Gasteiger partial charge in [-0.15, -0.1) is 0 Å². The Hall–Kier alpha value is -2.69. The summed E-state index contributed by atoms with van der Waals surface area (Å²) >= 11 is 0. The van der Waals surface area contributed by atoms with Crippen LogP contribution in [0.2, 0.25) is 0 Å². The van der Waals surface area contributed by atoms with Crippen molar-refractivity contribution in [2.45, 2.75) is 44.1 Å². The summed E-state index contributed by atoms with van der Waals surface area (Å²) < 4.78 is 41.3. The molecule has 3 rings (SSSR count). The number of halogens is 2. The molecular formula is C20H21F2NO5. The number of carbonyl (C=O) groups is 2. The van der Waals surface area contributed by atoms with Gasteiger partial charge in [-0.25, -0.2) is 0 Å².